The van der Waals surface area contributed by atoms with Crippen LogP contribution in [-0.2, 0) is 11.2 Å². The van der Waals surface area contributed by atoms with Gasteiger partial charge in [-0.05, 0) is 25.8 Å². The molecular formula is C17H22N2O3. The van der Waals surface area contributed by atoms with Crippen LogP contribution in [0.5, 0.6) is 0 Å². The average molecular weight is 302 g/mol. The Bertz CT molecular complexity index is 663. The van der Waals surface area contributed by atoms with Crippen molar-refractivity contribution in [3.63, 3.8) is 0 Å². The minimum Gasteiger partial charge on any atom is -0.481 e. The van der Waals surface area contributed by atoms with Gasteiger partial charge in [0.15, 0.2) is 0 Å². The van der Waals surface area contributed by atoms with E-state index < -0.39 is 5.97 Å². The fourth-order valence-electron chi connectivity index (χ4n) is 1.97. The molecule has 1 heterocycles. The topological polar surface area (TPSA) is 83.0 Å². The van der Waals surface area contributed by atoms with Gasteiger partial charge >= 0.3 is 5.97 Å². The van der Waals surface area contributed by atoms with Crippen LogP contribution in [0.15, 0.2) is 35.1 Å². The molecule has 0 radical (unpaired) electrons. The van der Waals surface area contributed by atoms with E-state index in [0.717, 1.165) is 23.2 Å². The minimum atomic E-state index is -0.711. The summed E-state index contributed by atoms with van der Waals surface area (Å²) in [6.07, 6.45) is 1.66. The number of aromatic amines is 1. The lowest BCUT2D eigenvalue weighted by atomic mass is 10.1. The van der Waals surface area contributed by atoms with E-state index in [1.807, 2.05) is 44.2 Å². The molecule has 5 nitrogen and oxygen atoms in total. The summed E-state index contributed by atoms with van der Waals surface area (Å²) in [6, 6.07) is 9.94. The quantitative estimate of drug-likeness (QED) is 0.909. The highest BCUT2D eigenvalue weighted by Crippen LogP contribution is 2.07. The summed E-state index contributed by atoms with van der Waals surface area (Å²) >= 11 is 0. The molecule has 0 saturated carbocycles. The number of carbonyl (C=O) groups is 1. The van der Waals surface area contributed by atoms with E-state index in [1.54, 1.807) is 6.92 Å². The molecule has 2 N–H and O–H groups in total. The maximum atomic E-state index is 11.8. The van der Waals surface area contributed by atoms with Gasteiger partial charge < -0.3 is 10.1 Å². The van der Waals surface area contributed by atoms with Crippen LogP contribution in [0.1, 0.15) is 42.4 Å². The van der Waals surface area contributed by atoms with Crippen LogP contribution >= 0.6 is 0 Å². The van der Waals surface area contributed by atoms with Crippen molar-refractivity contribution in [3.05, 3.63) is 63.3 Å². The third-order valence-electron chi connectivity index (χ3n) is 3.03. The van der Waals surface area contributed by atoms with Crippen LogP contribution in [0, 0.1) is 13.8 Å². The molecule has 2 rings (SSSR count). The number of aromatic nitrogens is 2. The predicted molar refractivity (Wildman–Crippen MR) is 86.1 cm³/mol. The molecular weight excluding hydrogens is 280 g/mol. The Morgan fingerprint density at radius 2 is 1.86 bits per heavy atom. The molecule has 0 atom stereocenters. The number of aliphatic carboxylic acids is 1. The average Bonchev–Trinajstić information content (AvgIpc) is 2.44. The van der Waals surface area contributed by atoms with Crippen molar-refractivity contribution >= 4 is 5.97 Å². The van der Waals surface area contributed by atoms with Crippen molar-refractivity contribution in [3.8, 4) is 0 Å². The molecule has 1 aromatic heterocycles. The van der Waals surface area contributed by atoms with E-state index in [1.165, 1.54) is 0 Å². The monoisotopic (exact) mass is 302 g/mol. The molecule has 2 aromatic rings. The van der Waals surface area contributed by atoms with Crippen LogP contribution < -0.4 is 5.56 Å². The third-order valence-corrected chi connectivity index (χ3v) is 3.03. The van der Waals surface area contributed by atoms with Gasteiger partial charge in [0.2, 0.25) is 0 Å². The predicted octanol–water partition coefficient (Wildman–Crippen LogP) is 2.85. The number of hydrogen-bond donors (Lipinski definition) is 2. The zero-order valence-corrected chi connectivity index (χ0v) is 13.2. The highest BCUT2D eigenvalue weighted by Gasteiger charge is 2.06. The van der Waals surface area contributed by atoms with Gasteiger partial charge in [-0.3, -0.25) is 9.59 Å². The zero-order chi connectivity index (χ0) is 16.5. The number of nitrogens with zero attached hydrogens (tertiary/aromatic N) is 1. The number of carboxylic acid groups (broad SMARTS) is 1. The first kappa shape index (κ1) is 17.6. The summed E-state index contributed by atoms with van der Waals surface area (Å²) in [5, 5.41) is 7.91. The van der Waals surface area contributed by atoms with E-state index in [9.17, 15) is 9.59 Å². The molecule has 118 valence electrons. The molecule has 0 aliphatic heterocycles. The van der Waals surface area contributed by atoms with E-state index in [0.29, 0.717) is 18.7 Å². The molecule has 0 aliphatic carbocycles. The maximum Gasteiger partial charge on any atom is 0.303 e. The fraction of sp³-hybridized carbons (Fsp3) is 0.353. The summed E-state index contributed by atoms with van der Waals surface area (Å²) in [6.45, 7) is 5.51. The van der Waals surface area contributed by atoms with Gasteiger partial charge in [-0.15, -0.1) is 0 Å². The van der Waals surface area contributed by atoms with Crippen molar-refractivity contribution in [1.82, 2.24) is 9.97 Å². The van der Waals surface area contributed by atoms with Crippen LogP contribution in [0.3, 0.4) is 0 Å². The van der Waals surface area contributed by atoms with Crippen molar-refractivity contribution in [2.75, 3.05) is 0 Å². The molecule has 0 unspecified atom stereocenters. The Labute approximate surface area is 130 Å². The Kier molecular flexibility index (Phi) is 7.02. The van der Waals surface area contributed by atoms with Crippen LogP contribution in [-0.4, -0.2) is 21.0 Å². The van der Waals surface area contributed by atoms with E-state index >= 15 is 0 Å². The SMILES string of the molecule is CCCC(=O)O.Cc1nc(C)c(Cc2ccccc2)c(=O)[nH]1. The number of nitrogens with one attached hydrogen (secondary N) is 1. The van der Waals surface area contributed by atoms with Crippen molar-refractivity contribution < 1.29 is 9.90 Å². The normalized spacial score (nSPS) is 9.77. The van der Waals surface area contributed by atoms with Gasteiger partial charge in [0.05, 0.1) is 0 Å². The molecule has 22 heavy (non-hydrogen) atoms. The summed E-state index contributed by atoms with van der Waals surface area (Å²) in [4.78, 5) is 28.4. The maximum absolute atomic E-state index is 11.8. The second-order valence-corrected chi connectivity index (χ2v) is 5.02. The van der Waals surface area contributed by atoms with E-state index in [-0.39, 0.29) is 5.56 Å². The van der Waals surface area contributed by atoms with Crippen molar-refractivity contribution in [2.45, 2.75) is 40.0 Å². The summed E-state index contributed by atoms with van der Waals surface area (Å²) < 4.78 is 0. The van der Waals surface area contributed by atoms with Crippen LogP contribution in [0.25, 0.3) is 0 Å². The summed E-state index contributed by atoms with van der Waals surface area (Å²) in [5.41, 5.74) is 2.65. The largest absolute Gasteiger partial charge is 0.481 e. The molecule has 5 heteroatoms. The van der Waals surface area contributed by atoms with Crippen molar-refractivity contribution in [1.29, 1.82) is 0 Å². The number of aryl methyl sites for hydroxylation is 2. The molecule has 1 aromatic carbocycles. The van der Waals surface area contributed by atoms with Gasteiger partial charge in [-0.2, -0.15) is 0 Å². The zero-order valence-electron chi connectivity index (χ0n) is 13.2. The van der Waals surface area contributed by atoms with Gasteiger partial charge in [0.1, 0.15) is 5.82 Å². The second-order valence-electron chi connectivity index (χ2n) is 5.02. The lowest BCUT2D eigenvalue weighted by molar-refractivity contribution is -0.137. The first-order valence-corrected chi connectivity index (χ1v) is 7.26. The second kappa shape index (κ2) is 8.77. The van der Waals surface area contributed by atoms with Gasteiger partial charge in [0.25, 0.3) is 5.56 Å². The Morgan fingerprint density at radius 3 is 2.32 bits per heavy atom. The van der Waals surface area contributed by atoms with Gasteiger partial charge in [-0.25, -0.2) is 4.98 Å². The van der Waals surface area contributed by atoms with Crippen LogP contribution in [0.2, 0.25) is 0 Å². The molecule has 0 fully saturated rings. The Hall–Kier alpha value is -2.43. The lowest BCUT2D eigenvalue weighted by Crippen LogP contribution is -2.17. The first-order valence-electron chi connectivity index (χ1n) is 7.26. The number of H-pyrrole nitrogens is 1. The van der Waals surface area contributed by atoms with Gasteiger partial charge in [-0.1, -0.05) is 37.3 Å². The number of hydrogen-bond acceptors (Lipinski definition) is 3. The molecule has 0 aliphatic rings. The molecule has 0 saturated heterocycles. The third kappa shape index (κ3) is 5.91. The summed E-state index contributed by atoms with van der Waals surface area (Å²) in [5.74, 6) is -0.0446. The minimum absolute atomic E-state index is 0.0335. The van der Waals surface area contributed by atoms with Crippen molar-refractivity contribution in [2.24, 2.45) is 0 Å². The summed E-state index contributed by atoms with van der Waals surface area (Å²) in [7, 11) is 0. The molecule has 0 bridgehead atoms. The Morgan fingerprint density at radius 1 is 1.23 bits per heavy atom. The van der Waals surface area contributed by atoms with Gasteiger partial charge in [0, 0.05) is 24.1 Å². The number of carboxylic acids is 1. The highest BCUT2D eigenvalue weighted by atomic mass is 16.4. The fourth-order valence-corrected chi connectivity index (χ4v) is 1.97. The van der Waals surface area contributed by atoms with Crippen LogP contribution in [0.4, 0.5) is 0 Å². The molecule has 0 amide bonds. The number of rotatable bonds is 4. The molecule has 0 spiro atoms. The first-order chi connectivity index (χ1) is 10.4. The standard InChI is InChI=1S/C13H14N2O.C4H8O2/c1-9-12(13(16)15-10(2)14-9)8-11-6-4-3-5-7-11;1-2-3-4(5)6/h3-7H,8H2,1-2H3,(H,14,15,16);2-3H2,1H3,(H,5,6). The lowest BCUT2D eigenvalue weighted by Gasteiger charge is -2.05. The Balaban J connectivity index is 0.000000346. The number of benzene rings is 1. The smallest absolute Gasteiger partial charge is 0.303 e. The van der Waals surface area contributed by atoms with E-state index in [4.69, 9.17) is 5.11 Å². The van der Waals surface area contributed by atoms with E-state index in [2.05, 4.69) is 9.97 Å². The highest BCUT2D eigenvalue weighted by molar-refractivity contribution is 5.66.